The largest absolute Gasteiger partial charge is 0.507 e. The number of para-hydroxylation sites is 1. The summed E-state index contributed by atoms with van der Waals surface area (Å²) in [5.74, 6) is 0.401. The van der Waals surface area contributed by atoms with Crippen molar-refractivity contribution in [1.29, 1.82) is 0 Å². The van der Waals surface area contributed by atoms with Crippen molar-refractivity contribution < 1.29 is 5.11 Å². The van der Waals surface area contributed by atoms with E-state index in [4.69, 9.17) is 0 Å². The summed E-state index contributed by atoms with van der Waals surface area (Å²) in [6.45, 7) is 1.56. The highest BCUT2D eigenvalue weighted by molar-refractivity contribution is 7.13. The third-order valence-electron chi connectivity index (χ3n) is 6.53. The zero-order valence-electron chi connectivity index (χ0n) is 18.7. The normalized spacial score (nSPS) is 18.4. The first-order chi connectivity index (χ1) is 16.3. The van der Waals surface area contributed by atoms with E-state index in [2.05, 4.69) is 58.5 Å². The van der Waals surface area contributed by atoms with Gasteiger partial charge in [0.2, 0.25) is 0 Å². The number of benzene rings is 2. The summed E-state index contributed by atoms with van der Waals surface area (Å²) in [6.07, 6.45) is 4.87. The Morgan fingerprint density at radius 3 is 2.18 bits per heavy atom. The molecule has 1 aliphatic carbocycles. The van der Waals surface area contributed by atoms with Gasteiger partial charge in [-0.25, -0.2) is 0 Å². The van der Waals surface area contributed by atoms with Gasteiger partial charge < -0.3 is 15.7 Å². The van der Waals surface area contributed by atoms with Crippen LogP contribution in [0.2, 0.25) is 0 Å². The molecular formula is C28H30N2OS2. The molecule has 2 atom stereocenters. The molecule has 33 heavy (non-hydrogen) atoms. The minimum atomic E-state index is 0.401. The van der Waals surface area contributed by atoms with Crippen LogP contribution in [-0.4, -0.2) is 17.2 Å². The van der Waals surface area contributed by atoms with Gasteiger partial charge in [-0.15, -0.1) is 22.7 Å². The fourth-order valence-corrected chi connectivity index (χ4v) is 6.23. The minimum Gasteiger partial charge on any atom is -0.507 e. The first-order valence-electron chi connectivity index (χ1n) is 11.7. The second-order valence-corrected chi connectivity index (χ2v) is 10.6. The Morgan fingerprint density at radius 1 is 0.758 bits per heavy atom. The summed E-state index contributed by atoms with van der Waals surface area (Å²) < 4.78 is 0. The average Bonchev–Trinajstić information content (AvgIpc) is 3.58. The molecule has 4 aromatic rings. The molecule has 170 valence electrons. The molecule has 1 unspecified atom stereocenters. The number of hydrogen-bond donors (Lipinski definition) is 3. The summed E-state index contributed by atoms with van der Waals surface area (Å²) >= 11 is 3.45. The van der Waals surface area contributed by atoms with E-state index >= 15 is 0 Å². The van der Waals surface area contributed by atoms with Crippen molar-refractivity contribution in [2.24, 2.45) is 0 Å². The lowest BCUT2D eigenvalue weighted by atomic mass is 9.89. The van der Waals surface area contributed by atoms with Crippen LogP contribution in [0.25, 0.3) is 20.9 Å². The van der Waals surface area contributed by atoms with Crippen molar-refractivity contribution in [3.8, 4) is 26.6 Å². The molecule has 2 heterocycles. The minimum absolute atomic E-state index is 0.401. The highest BCUT2D eigenvalue weighted by Crippen LogP contribution is 2.35. The van der Waals surface area contributed by atoms with Crippen LogP contribution in [0.3, 0.4) is 0 Å². The predicted molar refractivity (Wildman–Crippen MR) is 141 cm³/mol. The molecule has 0 aliphatic heterocycles. The predicted octanol–water partition coefficient (Wildman–Crippen LogP) is 7.04. The number of phenolic OH excluding ortho intramolecular Hbond substituents is 1. The Balaban J connectivity index is 1.22. The SMILES string of the molecule is Oc1c(CN[C@@H]2CCCCC2NCc2cccc(-c3cccs3)c2)cccc1-c1cccs1. The lowest BCUT2D eigenvalue weighted by molar-refractivity contribution is 0.280. The monoisotopic (exact) mass is 474 g/mol. The Kier molecular flexibility index (Phi) is 7.22. The fraction of sp³-hybridized carbons (Fsp3) is 0.286. The third-order valence-corrected chi connectivity index (χ3v) is 8.35. The van der Waals surface area contributed by atoms with Gasteiger partial charge in [-0.3, -0.25) is 0 Å². The molecule has 0 radical (unpaired) electrons. The van der Waals surface area contributed by atoms with Crippen LogP contribution in [0.5, 0.6) is 5.75 Å². The molecule has 0 spiro atoms. The Hall–Kier alpha value is -2.44. The second kappa shape index (κ2) is 10.7. The van der Waals surface area contributed by atoms with Gasteiger partial charge in [0.25, 0.3) is 0 Å². The smallest absolute Gasteiger partial charge is 0.128 e. The van der Waals surface area contributed by atoms with Crippen LogP contribution >= 0.6 is 22.7 Å². The molecule has 3 N–H and O–H groups in total. The van der Waals surface area contributed by atoms with E-state index in [0.29, 0.717) is 24.4 Å². The lowest BCUT2D eigenvalue weighted by Crippen LogP contribution is -2.49. The van der Waals surface area contributed by atoms with Crippen molar-refractivity contribution in [3.05, 3.63) is 88.6 Å². The van der Waals surface area contributed by atoms with Gasteiger partial charge >= 0.3 is 0 Å². The first-order valence-corrected chi connectivity index (χ1v) is 13.5. The Labute approximate surface area is 204 Å². The van der Waals surface area contributed by atoms with E-state index in [1.807, 2.05) is 29.6 Å². The number of hydrogen-bond acceptors (Lipinski definition) is 5. The van der Waals surface area contributed by atoms with Crippen molar-refractivity contribution >= 4 is 22.7 Å². The van der Waals surface area contributed by atoms with E-state index in [0.717, 1.165) is 29.0 Å². The van der Waals surface area contributed by atoms with Crippen LogP contribution in [0.15, 0.2) is 77.5 Å². The zero-order chi connectivity index (χ0) is 22.5. The summed E-state index contributed by atoms with van der Waals surface area (Å²) in [7, 11) is 0. The molecule has 1 aliphatic rings. The number of rotatable bonds is 8. The number of aromatic hydroxyl groups is 1. The molecule has 0 amide bonds. The van der Waals surface area contributed by atoms with Gasteiger partial charge in [0.05, 0.1) is 0 Å². The van der Waals surface area contributed by atoms with Crippen LogP contribution in [0, 0.1) is 0 Å². The summed E-state index contributed by atoms with van der Waals surface area (Å²) in [6, 6.07) is 24.2. The average molecular weight is 475 g/mol. The maximum Gasteiger partial charge on any atom is 0.128 e. The third kappa shape index (κ3) is 5.39. The number of thiophene rings is 2. The zero-order valence-corrected chi connectivity index (χ0v) is 20.3. The number of phenols is 1. The Morgan fingerprint density at radius 2 is 1.45 bits per heavy atom. The topological polar surface area (TPSA) is 44.3 Å². The van der Waals surface area contributed by atoms with Crippen LogP contribution in [0.1, 0.15) is 36.8 Å². The van der Waals surface area contributed by atoms with Gasteiger partial charge in [0.1, 0.15) is 5.75 Å². The van der Waals surface area contributed by atoms with Crippen molar-refractivity contribution in [1.82, 2.24) is 10.6 Å². The molecular weight excluding hydrogens is 444 g/mol. The quantitative estimate of drug-likeness (QED) is 0.257. The first kappa shape index (κ1) is 22.4. The van der Waals surface area contributed by atoms with Crippen molar-refractivity contribution in [2.45, 2.75) is 50.9 Å². The van der Waals surface area contributed by atoms with E-state index in [1.165, 1.54) is 35.3 Å². The molecule has 0 saturated heterocycles. The van der Waals surface area contributed by atoms with Gasteiger partial charge in [0, 0.05) is 46.1 Å². The van der Waals surface area contributed by atoms with Crippen LogP contribution < -0.4 is 10.6 Å². The van der Waals surface area contributed by atoms with E-state index < -0.39 is 0 Å². The molecule has 1 saturated carbocycles. The lowest BCUT2D eigenvalue weighted by Gasteiger charge is -2.33. The second-order valence-electron chi connectivity index (χ2n) is 8.73. The number of nitrogens with one attached hydrogen (secondary N) is 2. The highest BCUT2D eigenvalue weighted by atomic mass is 32.1. The summed E-state index contributed by atoms with van der Waals surface area (Å²) in [5, 5.41) is 22.6. The summed E-state index contributed by atoms with van der Waals surface area (Å²) in [5.41, 5.74) is 4.51. The molecule has 0 bridgehead atoms. The van der Waals surface area contributed by atoms with E-state index in [-0.39, 0.29) is 0 Å². The highest BCUT2D eigenvalue weighted by Gasteiger charge is 2.24. The molecule has 1 fully saturated rings. The maximum atomic E-state index is 10.9. The standard InChI is InChI=1S/C28H30N2OS2/c31-28-22(9-4-10-23(28)27-14-6-16-33-27)19-30-25-12-2-1-11-24(25)29-18-20-7-3-8-21(17-20)26-13-5-15-32-26/h3-10,13-17,24-25,29-31H,1-2,11-12,18-19H2/t24?,25-/m1/s1. The van der Waals surface area contributed by atoms with Crippen molar-refractivity contribution in [2.75, 3.05) is 0 Å². The van der Waals surface area contributed by atoms with E-state index in [9.17, 15) is 5.11 Å². The van der Waals surface area contributed by atoms with E-state index in [1.54, 1.807) is 22.7 Å². The summed E-state index contributed by atoms with van der Waals surface area (Å²) in [4.78, 5) is 2.43. The van der Waals surface area contributed by atoms with Crippen molar-refractivity contribution in [3.63, 3.8) is 0 Å². The van der Waals surface area contributed by atoms with Gasteiger partial charge in [-0.1, -0.05) is 55.3 Å². The van der Waals surface area contributed by atoms with Gasteiger partial charge in [-0.2, -0.15) is 0 Å². The molecule has 2 aromatic heterocycles. The molecule has 5 heteroatoms. The van der Waals surface area contributed by atoms with Crippen LogP contribution in [0.4, 0.5) is 0 Å². The van der Waals surface area contributed by atoms with Gasteiger partial charge in [0.15, 0.2) is 0 Å². The fourth-order valence-electron chi connectivity index (χ4n) is 4.75. The molecule has 5 rings (SSSR count). The molecule has 3 nitrogen and oxygen atoms in total. The van der Waals surface area contributed by atoms with Crippen LogP contribution in [-0.2, 0) is 13.1 Å². The molecule has 2 aromatic carbocycles. The van der Waals surface area contributed by atoms with Gasteiger partial charge in [-0.05, 0) is 59.0 Å². The maximum absolute atomic E-state index is 10.9. The Bertz CT molecular complexity index is 1150.